The largest absolute Gasteiger partial charge is 0.370 e. The summed E-state index contributed by atoms with van der Waals surface area (Å²) in [5.41, 5.74) is -0.503. The maximum Gasteiger partial charge on any atom is 0.274 e. The van der Waals surface area contributed by atoms with Crippen LogP contribution in [0.25, 0.3) is 0 Å². The average molecular weight is 353 g/mol. The van der Waals surface area contributed by atoms with Crippen molar-refractivity contribution in [2.75, 3.05) is 37.8 Å². The lowest BCUT2D eigenvalue weighted by atomic mass is 10.2. The van der Waals surface area contributed by atoms with Gasteiger partial charge in [0.2, 0.25) is 0 Å². The van der Waals surface area contributed by atoms with Gasteiger partial charge in [0.05, 0.1) is 5.69 Å². The van der Waals surface area contributed by atoms with Crippen molar-refractivity contribution in [3.63, 3.8) is 0 Å². The summed E-state index contributed by atoms with van der Waals surface area (Å²) < 4.78 is 39.7. The van der Waals surface area contributed by atoms with E-state index in [1.54, 1.807) is 0 Å². The molecule has 1 aromatic heterocycles. The molecule has 0 bridgehead atoms. The van der Waals surface area contributed by atoms with Crippen LogP contribution in [0.2, 0.25) is 0 Å². The van der Waals surface area contributed by atoms with Crippen LogP contribution in [-0.2, 0) is 0 Å². The van der Waals surface area contributed by atoms with E-state index in [-0.39, 0.29) is 5.69 Å². The van der Waals surface area contributed by atoms with Crippen LogP contribution in [0.1, 0.15) is 16.9 Å². The van der Waals surface area contributed by atoms with Crippen LogP contribution in [-0.4, -0.2) is 48.0 Å². The molecule has 0 saturated carbocycles. The Morgan fingerprint density at radius 2 is 1.92 bits per heavy atom. The highest BCUT2D eigenvalue weighted by Crippen LogP contribution is 2.20. The molecule has 2 aromatic rings. The topological polar surface area (TPSA) is 70.2 Å². The van der Waals surface area contributed by atoms with E-state index in [0.29, 0.717) is 12.4 Å². The number of carbonyl (C=O) groups excluding carboxylic acids is 1. The smallest absolute Gasteiger partial charge is 0.274 e. The highest BCUT2D eigenvalue weighted by molar-refractivity contribution is 6.03. The molecule has 2 N–H and O–H groups in total. The van der Waals surface area contributed by atoms with Gasteiger partial charge in [0.25, 0.3) is 5.91 Å². The molecule has 0 aliphatic carbocycles. The zero-order valence-corrected chi connectivity index (χ0v) is 13.8. The van der Waals surface area contributed by atoms with E-state index in [2.05, 4.69) is 20.6 Å². The van der Waals surface area contributed by atoms with Gasteiger partial charge in [0.15, 0.2) is 17.5 Å². The van der Waals surface area contributed by atoms with E-state index < -0.39 is 29.0 Å². The van der Waals surface area contributed by atoms with Crippen molar-refractivity contribution in [1.29, 1.82) is 0 Å². The molecule has 1 aromatic carbocycles. The number of anilines is 2. The van der Waals surface area contributed by atoms with Gasteiger partial charge < -0.3 is 15.5 Å². The van der Waals surface area contributed by atoms with E-state index in [9.17, 15) is 18.0 Å². The molecule has 0 radical (unpaired) electrons. The Balaban J connectivity index is 2.02. The molecule has 0 aliphatic rings. The number of nitrogens with zero attached hydrogens (tertiary/aromatic N) is 3. The third kappa shape index (κ3) is 5.15. The molecule has 0 atom stereocenters. The van der Waals surface area contributed by atoms with Crippen LogP contribution >= 0.6 is 0 Å². The van der Waals surface area contributed by atoms with Gasteiger partial charge in [-0.1, -0.05) is 0 Å². The number of amides is 1. The van der Waals surface area contributed by atoms with Gasteiger partial charge in [-0.15, -0.1) is 0 Å². The summed E-state index contributed by atoms with van der Waals surface area (Å²) in [5, 5.41) is 5.20. The van der Waals surface area contributed by atoms with E-state index in [0.717, 1.165) is 25.1 Å². The standard InChI is InChI=1S/C16H18F3N5O/c1-24(2)7-3-6-20-13-8-12(21-9-22-13)16(25)23-11-5-4-10(17)14(18)15(11)19/h4-5,8-9H,3,6-7H2,1-2H3,(H,23,25)(H,20,21,22). The molecule has 0 aliphatic heterocycles. The van der Waals surface area contributed by atoms with Gasteiger partial charge >= 0.3 is 0 Å². The number of aromatic nitrogens is 2. The first-order valence-electron chi connectivity index (χ1n) is 7.54. The second-order valence-electron chi connectivity index (χ2n) is 5.55. The zero-order chi connectivity index (χ0) is 18.4. The lowest BCUT2D eigenvalue weighted by Gasteiger charge is -2.11. The highest BCUT2D eigenvalue weighted by Gasteiger charge is 2.17. The first-order valence-corrected chi connectivity index (χ1v) is 7.54. The molecule has 134 valence electrons. The van der Waals surface area contributed by atoms with Crippen LogP contribution in [0.3, 0.4) is 0 Å². The Bertz CT molecular complexity index is 755. The van der Waals surface area contributed by atoms with Gasteiger partial charge in [0, 0.05) is 12.6 Å². The first-order chi connectivity index (χ1) is 11.9. The number of rotatable bonds is 7. The normalized spacial score (nSPS) is 10.8. The number of hydrogen-bond donors (Lipinski definition) is 2. The van der Waals surface area contributed by atoms with Crippen LogP contribution < -0.4 is 10.6 Å². The average Bonchev–Trinajstić information content (AvgIpc) is 2.59. The fourth-order valence-corrected chi connectivity index (χ4v) is 2.00. The molecule has 25 heavy (non-hydrogen) atoms. The van der Waals surface area contributed by atoms with Crippen molar-refractivity contribution in [3.8, 4) is 0 Å². The van der Waals surface area contributed by atoms with Crippen LogP contribution in [0.5, 0.6) is 0 Å². The summed E-state index contributed by atoms with van der Waals surface area (Å²) in [5.74, 6) is -4.77. The summed E-state index contributed by atoms with van der Waals surface area (Å²) >= 11 is 0. The maximum atomic E-state index is 13.6. The minimum atomic E-state index is -1.65. The number of halogens is 3. The van der Waals surface area contributed by atoms with Crippen molar-refractivity contribution in [2.45, 2.75) is 6.42 Å². The molecule has 0 fully saturated rings. The number of hydrogen-bond acceptors (Lipinski definition) is 5. The Kier molecular flexibility index (Phi) is 6.29. The number of nitrogens with one attached hydrogen (secondary N) is 2. The monoisotopic (exact) mass is 353 g/mol. The molecule has 9 heteroatoms. The van der Waals surface area contributed by atoms with E-state index in [1.807, 2.05) is 19.0 Å². The number of benzene rings is 1. The van der Waals surface area contributed by atoms with Crippen LogP contribution in [0.15, 0.2) is 24.5 Å². The van der Waals surface area contributed by atoms with Crippen molar-refractivity contribution in [3.05, 3.63) is 47.7 Å². The summed E-state index contributed by atoms with van der Waals surface area (Å²) in [4.78, 5) is 21.9. The van der Waals surface area contributed by atoms with Crippen molar-refractivity contribution >= 4 is 17.4 Å². The van der Waals surface area contributed by atoms with E-state index in [1.165, 1.54) is 12.4 Å². The van der Waals surface area contributed by atoms with Gasteiger partial charge in [0.1, 0.15) is 17.8 Å². The van der Waals surface area contributed by atoms with Crippen molar-refractivity contribution in [2.24, 2.45) is 0 Å². The predicted molar refractivity (Wildman–Crippen MR) is 88.0 cm³/mol. The molecule has 1 heterocycles. The van der Waals surface area contributed by atoms with Gasteiger partial charge in [-0.25, -0.2) is 23.1 Å². The minimum Gasteiger partial charge on any atom is -0.370 e. The molecule has 0 saturated heterocycles. The third-order valence-electron chi connectivity index (χ3n) is 3.27. The fourth-order valence-electron chi connectivity index (χ4n) is 2.00. The lowest BCUT2D eigenvalue weighted by molar-refractivity contribution is 0.102. The van der Waals surface area contributed by atoms with Crippen LogP contribution in [0.4, 0.5) is 24.7 Å². The van der Waals surface area contributed by atoms with E-state index >= 15 is 0 Å². The summed E-state index contributed by atoms with van der Waals surface area (Å²) in [6, 6.07) is 3.06. The molecule has 1 amide bonds. The predicted octanol–water partition coefficient (Wildman–Crippen LogP) is 2.51. The summed E-state index contributed by atoms with van der Waals surface area (Å²) in [6.07, 6.45) is 2.06. The molecule has 2 rings (SSSR count). The zero-order valence-electron chi connectivity index (χ0n) is 13.8. The minimum absolute atomic E-state index is 0.0331. The van der Waals surface area contributed by atoms with Gasteiger partial charge in [-0.2, -0.15) is 0 Å². The fraction of sp³-hybridized carbons (Fsp3) is 0.312. The van der Waals surface area contributed by atoms with Crippen molar-refractivity contribution < 1.29 is 18.0 Å². The van der Waals surface area contributed by atoms with Crippen LogP contribution in [0, 0.1) is 17.5 Å². The highest BCUT2D eigenvalue weighted by atomic mass is 19.2. The number of carbonyl (C=O) groups is 1. The second-order valence-corrected chi connectivity index (χ2v) is 5.55. The van der Waals surface area contributed by atoms with E-state index in [4.69, 9.17) is 0 Å². The molecular formula is C16H18F3N5O. The summed E-state index contributed by atoms with van der Waals surface area (Å²) in [7, 11) is 3.93. The first kappa shape index (κ1) is 18.7. The molecule has 6 nitrogen and oxygen atoms in total. The third-order valence-corrected chi connectivity index (χ3v) is 3.27. The molecule has 0 spiro atoms. The Morgan fingerprint density at radius 3 is 2.64 bits per heavy atom. The second kappa shape index (κ2) is 8.43. The lowest BCUT2D eigenvalue weighted by Crippen LogP contribution is -2.18. The van der Waals surface area contributed by atoms with Gasteiger partial charge in [-0.3, -0.25) is 4.79 Å². The van der Waals surface area contributed by atoms with Crippen molar-refractivity contribution in [1.82, 2.24) is 14.9 Å². The molecular weight excluding hydrogens is 335 g/mol. The summed E-state index contributed by atoms with van der Waals surface area (Å²) in [6.45, 7) is 1.54. The van der Waals surface area contributed by atoms with Gasteiger partial charge in [-0.05, 0) is 39.2 Å². The Labute approximate surface area is 143 Å². The Hall–Kier alpha value is -2.68. The SMILES string of the molecule is CN(C)CCCNc1cc(C(=O)Nc2ccc(F)c(F)c2F)ncn1. The Morgan fingerprint density at radius 1 is 1.16 bits per heavy atom. The molecule has 0 unspecified atom stereocenters. The quantitative estimate of drug-likeness (QED) is 0.591. The maximum absolute atomic E-state index is 13.6.